The molecule has 0 spiro atoms. The zero-order chi connectivity index (χ0) is 12.3. The fourth-order valence-electron chi connectivity index (χ4n) is 1.55. The van der Waals surface area contributed by atoms with E-state index in [1.165, 1.54) is 0 Å². The highest BCUT2D eigenvalue weighted by Gasteiger charge is 2.27. The van der Waals surface area contributed by atoms with Crippen molar-refractivity contribution in [1.82, 2.24) is 5.32 Å². The van der Waals surface area contributed by atoms with Crippen molar-refractivity contribution in [3.8, 4) is 5.75 Å². The maximum atomic E-state index is 11.7. The molecule has 1 aliphatic rings. The van der Waals surface area contributed by atoms with Gasteiger partial charge in [0.15, 0.2) is 0 Å². The Balaban J connectivity index is 1.97. The largest absolute Gasteiger partial charge is 0.494 e. The quantitative estimate of drug-likeness (QED) is 0.820. The summed E-state index contributed by atoms with van der Waals surface area (Å²) in [5.74, 6) is 0.682. The second-order valence-corrected chi connectivity index (χ2v) is 4.58. The van der Waals surface area contributed by atoms with Gasteiger partial charge in [0.25, 0.3) is 0 Å². The van der Waals surface area contributed by atoms with Crippen molar-refractivity contribution in [3.63, 3.8) is 0 Å². The van der Waals surface area contributed by atoms with Crippen LogP contribution in [0.4, 0.5) is 0 Å². The Hall–Kier alpha value is -1.22. The lowest BCUT2D eigenvalue weighted by Crippen LogP contribution is -2.28. The minimum Gasteiger partial charge on any atom is -0.494 e. The molecule has 1 aromatic carbocycles. The van der Waals surface area contributed by atoms with Crippen LogP contribution in [0, 0.1) is 0 Å². The second kappa shape index (κ2) is 5.41. The van der Waals surface area contributed by atoms with E-state index in [2.05, 4.69) is 5.32 Å². The third-order valence-electron chi connectivity index (χ3n) is 2.64. The first-order valence-electron chi connectivity index (χ1n) is 5.88. The van der Waals surface area contributed by atoms with Gasteiger partial charge in [0.05, 0.1) is 6.61 Å². The van der Waals surface area contributed by atoms with E-state index in [1.807, 2.05) is 31.2 Å². The van der Waals surface area contributed by atoms with Crippen molar-refractivity contribution in [2.24, 2.45) is 0 Å². The van der Waals surface area contributed by atoms with E-state index in [0.717, 1.165) is 24.2 Å². The molecule has 1 aliphatic carbocycles. The number of halogens is 1. The number of ether oxygens (including phenoxy) is 1. The number of alkyl halides is 1. The molecule has 3 nitrogen and oxygen atoms in total. The molecule has 0 heterocycles. The fourth-order valence-corrected chi connectivity index (χ4v) is 1.76. The molecule has 4 heteroatoms. The van der Waals surface area contributed by atoms with E-state index in [0.29, 0.717) is 12.6 Å². The maximum absolute atomic E-state index is 11.7. The van der Waals surface area contributed by atoms with Gasteiger partial charge in [-0.2, -0.15) is 0 Å². The summed E-state index contributed by atoms with van der Waals surface area (Å²) in [7, 11) is 0. The van der Waals surface area contributed by atoms with Gasteiger partial charge in [-0.15, -0.1) is 11.6 Å². The standard InChI is InChI=1S/C13H16ClNO2/c1-2-17-11-7-3-9(4-8-11)12(14)13(16)15-10-5-6-10/h3-4,7-8,10,12H,2,5-6H2,1H3,(H,15,16). The van der Waals surface area contributed by atoms with Gasteiger partial charge >= 0.3 is 0 Å². The molecule has 1 amide bonds. The third-order valence-corrected chi connectivity index (χ3v) is 3.09. The first-order valence-corrected chi connectivity index (χ1v) is 6.31. The number of hydrogen-bond donors (Lipinski definition) is 1. The van der Waals surface area contributed by atoms with Gasteiger partial charge in [0.1, 0.15) is 11.1 Å². The molecule has 1 saturated carbocycles. The zero-order valence-electron chi connectivity index (χ0n) is 9.78. The van der Waals surface area contributed by atoms with Crippen molar-refractivity contribution in [3.05, 3.63) is 29.8 Å². The van der Waals surface area contributed by atoms with E-state index < -0.39 is 5.38 Å². The van der Waals surface area contributed by atoms with Crippen LogP contribution in [-0.2, 0) is 4.79 Å². The first-order chi connectivity index (χ1) is 8.20. The summed E-state index contributed by atoms with van der Waals surface area (Å²) in [4.78, 5) is 11.7. The van der Waals surface area contributed by atoms with Crippen molar-refractivity contribution < 1.29 is 9.53 Å². The van der Waals surface area contributed by atoms with Crippen LogP contribution in [-0.4, -0.2) is 18.6 Å². The van der Waals surface area contributed by atoms with E-state index in [1.54, 1.807) is 0 Å². The third kappa shape index (κ3) is 3.37. The van der Waals surface area contributed by atoms with Crippen molar-refractivity contribution in [2.45, 2.75) is 31.2 Å². The average Bonchev–Trinajstić information content (AvgIpc) is 3.13. The lowest BCUT2D eigenvalue weighted by Gasteiger charge is -2.11. The molecule has 2 rings (SSSR count). The zero-order valence-corrected chi connectivity index (χ0v) is 10.5. The number of hydrogen-bond acceptors (Lipinski definition) is 2. The molecule has 0 aliphatic heterocycles. The van der Waals surface area contributed by atoms with Crippen LogP contribution in [0.25, 0.3) is 0 Å². The van der Waals surface area contributed by atoms with Gasteiger partial charge in [-0.05, 0) is 37.5 Å². The fraction of sp³-hybridized carbons (Fsp3) is 0.462. The number of amides is 1. The number of carbonyl (C=O) groups is 1. The smallest absolute Gasteiger partial charge is 0.242 e. The van der Waals surface area contributed by atoms with Gasteiger partial charge < -0.3 is 10.1 Å². The van der Waals surface area contributed by atoms with Crippen LogP contribution in [0.5, 0.6) is 5.75 Å². The highest BCUT2D eigenvalue weighted by atomic mass is 35.5. The van der Waals surface area contributed by atoms with E-state index in [-0.39, 0.29) is 5.91 Å². The SMILES string of the molecule is CCOc1ccc(C(Cl)C(=O)NC2CC2)cc1. The second-order valence-electron chi connectivity index (χ2n) is 4.15. The molecule has 1 fully saturated rings. The Morgan fingerprint density at radius 1 is 1.47 bits per heavy atom. The van der Waals surface area contributed by atoms with E-state index >= 15 is 0 Å². The number of nitrogens with one attached hydrogen (secondary N) is 1. The molecule has 92 valence electrons. The molecule has 17 heavy (non-hydrogen) atoms. The molecule has 0 radical (unpaired) electrons. The minimum atomic E-state index is -0.619. The summed E-state index contributed by atoms with van der Waals surface area (Å²) in [6.07, 6.45) is 2.14. The van der Waals surface area contributed by atoms with Crippen LogP contribution >= 0.6 is 11.6 Å². The molecule has 0 bridgehead atoms. The summed E-state index contributed by atoms with van der Waals surface area (Å²) in [5, 5.41) is 2.27. The number of carbonyl (C=O) groups excluding carboxylic acids is 1. The Bertz CT molecular complexity index is 387. The highest BCUT2D eigenvalue weighted by molar-refractivity contribution is 6.30. The molecule has 1 unspecified atom stereocenters. The van der Waals surface area contributed by atoms with E-state index in [4.69, 9.17) is 16.3 Å². The monoisotopic (exact) mass is 253 g/mol. The number of rotatable bonds is 5. The van der Waals surface area contributed by atoms with Crippen LogP contribution in [0.1, 0.15) is 30.7 Å². The van der Waals surface area contributed by atoms with Crippen LogP contribution in [0.3, 0.4) is 0 Å². The normalized spacial score (nSPS) is 16.4. The lowest BCUT2D eigenvalue weighted by atomic mass is 10.1. The Labute approximate surface area is 106 Å². The lowest BCUT2D eigenvalue weighted by molar-refractivity contribution is -0.121. The molecular formula is C13H16ClNO2. The predicted molar refractivity (Wildman–Crippen MR) is 67.4 cm³/mol. The number of benzene rings is 1. The van der Waals surface area contributed by atoms with Gasteiger partial charge in [-0.1, -0.05) is 12.1 Å². The van der Waals surface area contributed by atoms with E-state index in [9.17, 15) is 4.79 Å². The molecule has 0 aromatic heterocycles. The van der Waals surface area contributed by atoms with Crippen LogP contribution < -0.4 is 10.1 Å². The first kappa shape index (κ1) is 12.2. The average molecular weight is 254 g/mol. The van der Waals surface area contributed by atoms with Crippen molar-refractivity contribution >= 4 is 17.5 Å². The Morgan fingerprint density at radius 3 is 2.65 bits per heavy atom. The minimum absolute atomic E-state index is 0.113. The summed E-state index contributed by atoms with van der Waals surface area (Å²) >= 11 is 6.11. The van der Waals surface area contributed by atoms with Gasteiger partial charge in [0.2, 0.25) is 5.91 Å². The van der Waals surface area contributed by atoms with Crippen LogP contribution in [0.2, 0.25) is 0 Å². The maximum Gasteiger partial charge on any atom is 0.242 e. The predicted octanol–water partition coefficient (Wildman–Crippen LogP) is 2.64. The molecule has 1 N–H and O–H groups in total. The van der Waals surface area contributed by atoms with Crippen molar-refractivity contribution in [1.29, 1.82) is 0 Å². The van der Waals surface area contributed by atoms with Crippen molar-refractivity contribution in [2.75, 3.05) is 6.61 Å². The summed E-state index contributed by atoms with van der Waals surface area (Å²) in [6.45, 7) is 2.56. The summed E-state index contributed by atoms with van der Waals surface area (Å²) in [5.41, 5.74) is 0.799. The Morgan fingerprint density at radius 2 is 2.12 bits per heavy atom. The molecular weight excluding hydrogens is 238 g/mol. The molecule has 0 saturated heterocycles. The highest BCUT2D eigenvalue weighted by Crippen LogP contribution is 2.26. The summed E-state index contributed by atoms with van der Waals surface area (Å²) < 4.78 is 5.33. The topological polar surface area (TPSA) is 38.3 Å². The molecule has 1 aromatic rings. The van der Waals surface area contributed by atoms with Gasteiger partial charge in [0, 0.05) is 6.04 Å². The van der Waals surface area contributed by atoms with Crippen LogP contribution in [0.15, 0.2) is 24.3 Å². The molecule has 1 atom stereocenters. The van der Waals surface area contributed by atoms with Gasteiger partial charge in [-0.25, -0.2) is 0 Å². The summed E-state index contributed by atoms with van der Waals surface area (Å²) in [6, 6.07) is 7.66. The van der Waals surface area contributed by atoms with Gasteiger partial charge in [-0.3, -0.25) is 4.79 Å². The Kier molecular flexibility index (Phi) is 3.89.